The average molecular weight is 396 g/mol. The lowest BCUT2D eigenvalue weighted by Gasteiger charge is -2.36. The van der Waals surface area contributed by atoms with E-state index >= 15 is 0 Å². The van der Waals surface area contributed by atoms with Crippen molar-refractivity contribution in [3.63, 3.8) is 0 Å². The molecule has 3 rings (SSSR count). The van der Waals surface area contributed by atoms with Gasteiger partial charge in [-0.1, -0.05) is 0 Å². The number of sulfonamides is 1. The van der Waals surface area contributed by atoms with Crippen LogP contribution in [0.5, 0.6) is 0 Å². The van der Waals surface area contributed by atoms with Crippen LogP contribution in [0.2, 0.25) is 0 Å². The van der Waals surface area contributed by atoms with Gasteiger partial charge in [0.05, 0.1) is 17.0 Å². The van der Waals surface area contributed by atoms with Crippen molar-refractivity contribution in [2.24, 2.45) is 5.92 Å². The van der Waals surface area contributed by atoms with Gasteiger partial charge in [-0.2, -0.15) is 0 Å². The number of likely N-dealkylation sites (tertiary alicyclic amines) is 1. The van der Waals surface area contributed by atoms with Crippen molar-refractivity contribution < 1.29 is 18.3 Å². The minimum Gasteiger partial charge on any atom is -0.478 e. The summed E-state index contributed by atoms with van der Waals surface area (Å²) in [4.78, 5) is 16.5. The highest BCUT2D eigenvalue weighted by Crippen LogP contribution is 2.30. The minimum atomic E-state index is -3.44. The summed E-state index contributed by atoms with van der Waals surface area (Å²) in [5.41, 5.74) is 1.12. The quantitative estimate of drug-likeness (QED) is 0.737. The third-order valence-corrected chi connectivity index (χ3v) is 6.76. The largest absolute Gasteiger partial charge is 0.478 e. The van der Waals surface area contributed by atoms with E-state index in [1.807, 2.05) is 0 Å². The van der Waals surface area contributed by atoms with Gasteiger partial charge in [-0.25, -0.2) is 13.2 Å². The predicted molar refractivity (Wildman–Crippen MR) is 107 cm³/mol. The molecule has 0 radical (unpaired) electrons. The Labute approximate surface area is 161 Å². The molecule has 1 aromatic carbocycles. The summed E-state index contributed by atoms with van der Waals surface area (Å²) in [6, 6.07) is 4.81. The van der Waals surface area contributed by atoms with Crippen molar-refractivity contribution in [2.45, 2.75) is 32.6 Å². The van der Waals surface area contributed by atoms with Crippen molar-refractivity contribution in [2.75, 3.05) is 48.1 Å². The zero-order chi connectivity index (χ0) is 19.4. The molecule has 0 bridgehead atoms. The van der Waals surface area contributed by atoms with Crippen molar-refractivity contribution in [1.29, 1.82) is 0 Å². The number of piperidine rings is 1. The van der Waals surface area contributed by atoms with Crippen LogP contribution in [0.4, 0.5) is 11.4 Å². The molecule has 1 aromatic rings. The Hall–Kier alpha value is -1.80. The van der Waals surface area contributed by atoms with Crippen LogP contribution < -0.4 is 9.62 Å². The van der Waals surface area contributed by atoms with E-state index in [0.29, 0.717) is 17.3 Å². The van der Waals surface area contributed by atoms with Crippen LogP contribution in [-0.4, -0.2) is 62.9 Å². The minimum absolute atomic E-state index is 0.0541. The summed E-state index contributed by atoms with van der Waals surface area (Å²) in [6.07, 6.45) is 4.76. The second-order valence-corrected chi connectivity index (χ2v) is 9.52. The zero-order valence-electron chi connectivity index (χ0n) is 15.9. The maximum atomic E-state index is 11.8. The topological polar surface area (TPSA) is 90.0 Å². The number of rotatable bonds is 7. The number of carboxylic acids is 1. The zero-order valence-corrected chi connectivity index (χ0v) is 16.7. The Morgan fingerprint density at radius 3 is 2.63 bits per heavy atom. The number of nitrogens with one attached hydrogen (secondary N) is 1. The molecule has 0 aromatic heterocycles. The normalized spacial score (nSPS) is 21.4. The monoisotopic (exact) mass is 395 g/mol. The van der Waals surface area contributed by atoms with Crippen molar-refractivity contribution >= 4 is 27.4 Å². The molecule has 2 heterocycles. The fourth-order valence-electron chi connectivity index (χ4n) is 4.06. The summed E-state index contributed by atoms with van der Waals surface area (Å²) in [6.45, 7) is 6.64. The van der Waals surface area contributed by atoms with Gasteiger partial charge in [0.25, 0.3) is 0 Å². The molecule has 8 heteroatoms. The number of carbonyl (C=O) groups is 1. The van der Waals surface area contributed by atoms with Gasteiger partial charge in [-0.05, 0) is 69.8 Å². The summed E-state index contributed by atoms with van der Waals surface area (Å²) >= 11 is 0. The lowest BCUT2D eigenvalue weighted by atomic mass is 9.96. The number of hydrogen-bond donors (Lipinski definition) is 2. The first-order valence-electron chi connectivity index (χ1n) is 9.73. The van der Waals surface area contributed by atoms with Crippen molar-refractivity contribution in [3.8, 4) is 0 Å². The number of benzene rings is 1. The molecule has 7 nitrogen and oxygen atoms in total. The Kier molecular flexibility index (Phi) is 6.26. The second-order valence-electron chi connectivity index (χ2n) is 7.50. The Morgan fingerprint density at radius 1 is 1.22 bits per heavy atom. The number of aromatic carboxylic acids is 1. The Bertz CT molecular complexity index is 775. The molecule has 1 atom stereocenters. The summed E-state index contributed by atoms with van der Waals surface area (Å²) in [5, 5.41) is 9.66. The molecule has 2 aliphatic rings. The summed E-state index contributed by atoms with van der Waals surface area (Å²) < 4.78 is 26.0. The molecule has 150 valence electrons. The fraction of sp³-hybridized carbons (Fsp3) is 0.632. The highest BCUT2D eigenvalue weighted by Gasteiger charge is 2.26. The van der Waals surface area contributed by atoms with Gasteiger partial charge in [-0.15, -0.1) is 0 Å². The van der Waals surface area contributed by atoms with Crippen molar-refractivity contribution in [1.82, 2.24) is 4.90 Å². The Balaban J connectivity index is 1.76. The number of hydrogen-bond acceptors (Lipinski definition) is 5. The van der Waals surface area contributed by atoms with Crippen LogP contribution in [0.3, 0.4) is 0 Å². The van der Waals surface area contributed by atoms with Gasteiger partial charge in [0.1, 0.15) is 0 Å². The smallest absolute Gasteiger partial charge is 0.337 e. The van der Waals surface area contributed by atoms with E-state index in [1.165, 1.54) is 38.4 Å². The van der Waals surface area contributed by atoms with Gasteiger partial charge >= 0.3 is 5.97 Å². The number of anilines is 2. The molecule has 2 saturated heterocycles. The molecule has 1 unspecified atom stereocenters. The Morgan fingerprint density at radius 2 is 1.96 bits per heavy atom. The van der Waals surface area contributed by atoms with Gasteiger partial charge in [-0.3, -0.25) is 4.72 Å². The third kappa shape index (κ3) is 5.13. The predicted octanol–water partition coefficient (Wildman–Crippen LogP) is 2.46. The number of carboxylic acid groups (broad SMARTS) is 1. The first-order valence-corrected chi connectivity index (χ1v) is 11.4. The van der Waals surface area contributed by atoms with Crippen LogP contribution in [0.1, 0.15) is 43.0 Å². The van der Waals surface area contributed by atoms with Gasteiger partial charge in [0.2, 0.25) is 10.0 Å². The lowest BCUT2D eigenvalue weighted by molar-refractivity contribution is 0.0697. The van der Waals surface area contributed by atoms with Gasteiger partial charge in [0.15, 0.2) is 0 Å². The van der Waals surface area contributed by atoms with E-state index in [0.717, 1.165) is 26.1 Å². The lowest BCUT2D eigenvalue weighted by Crippen LogP contribution is -2.41. The average Bonchev–Trinajstić information content (AvgIpc) is 3.14. The van der Waals surface area contributed by atoms with E-state index in [9.17, 15) is 18.3 Å². The maximum absolute atomic E-state index is 11.8. The van der Waals surface area contributed by atoms with Crippen LogP contribution in [0.15, 0.2) is 18.2 Å². The van der Waals surface area contributed by atoms with Crippen LogP contribution in [-0.2, 0) is 10.0 Å². The molecule has 2 N–H and O–H groups in total. The van der Waals surface area contributed by atoms with Crippen LogP contribution >= 0.6 is 0 Å². The molecular formula is C19H29N3O4S. The highest BCUT2D eigenvalue weighted by atomic mass is 32.2. The third-order valence-electron chi connectivity index (χ3n) is 5.46. The van der Waals surface area contributed by atoms with Crippen LogP contribution in [0, 0.1) is 5.92 Å². The molecule has 27 heavy (non-hydrogen) atoms. The van der Waals surface area contributed by atoms with E-state index in [-0.39, 0.29) is 11.3 Å². The number of nitrogens with zero attached hydrogens (tertiary/aromatic N) is 2. The first kappa shape index (κ1) is 19.9. The SMILES string of the molecule is CCS(=O)(=O)Nc1ccc(N2CCCC(CN3CCCC3)C2)c(C(=O)O)c1. The highest BCUT2D eigenvalue weighted by molar-refractivity contribution is 7.92. The van der Waals surface area contributed by atoms with Gasteiger partial charge < -0.3 is 14.9 Å². The summed E-state index contributed by atoms with van der Waals surface area (Å²) in [5.74, 6) is -0.553. The maximum Gasteiger partial charge on any atom is 0.337 e. The van der Waals surface area contributed by atoms with Crippen LogP contribution in [0.25, 0.3) is 0 Å². The van der Waals surface area contributed by atoms with E-state index in [1.54, 1.807) is 19.1 Å². The fourth-order valence-corrected chi connectivity index (χ4v) is 4.69. The molecule has 2 fully saturated rings. The van der Waals surface area contributed by atoms with E-state index in [4.69, 9.17) is 0 Å². The van der Waals surface area contributed by atoms with E-state index in [2.05, 4.69) is 14.5 Å². The molecule has 0 saturated carbocycles. The second kappa shape index (κ2) is 8.48. The van der Waals surface area contributed by atoms with E-state index < -0.39 is 16.0 Å². The molecule has 0 amide bonds. The standard InChI is InChI=1S/C19H29N3O4S/c1-2-27(25,26)20-16-7-8-18(17(12-16)19(23)24)22-11-5-6-15(14-22)13-21-9-3-4-10-21/h7-8,12,15,20H,2-6,9-11,13-14H2,1H3,(H,23,24). The first-order chi connectivity index (χ1) is 12.9. The molecule has 0 aliphatic carbocycles. The van der Waals surface area contributed by atoms with Gasteiger partial charge in [0, 0.05) is 25.3 Å². The molecule has 2 aliphatic heterocycles. The summed E-state index contributed by atoms with van der Waals surface area (Å²) in [7, 11) is -3.44. The van der Waals surface area contributed by atoms with Crippen molar-refractivity contribution in [3.05, 3.63) is 23.8 Å². The molecular weight excluding hydrogens is 366 g/mol. The molecule has 0 spiro atoms.